The molecule has 0 spiro atoms. The van der Waals surface area contributed by atoms with Crippen molar-refractivity contribution in [3.8, 4) is 0 Å². The fourth-order valence-corrected chi connectivity index (χ4v) is 1.80. The van der Waals surface area contributed by atoms with Gasteiger partial charge >= 0.3 is 0 Å². The van der Waals surface area contributed by atoms with Crippen molar-refractivity contribution in [3.05, 3.63) is 18.0 Å². The molecular weight excluding hydrogens is 210 g/mol. The van der Waals surface area contributed by atoms with Crippen LogP contribution in [0.3, 0.4) is 0 Å². The predicted octanol–water partition coefficient (Wildman–Crippen LogP) is -0.747. The van der Waals surface area contributed by atoms with Crippen molar-refractivity contribution in [2.45, 2.75) is 6.04 Å². The average Bonchev–Trinajstić information content (AvgIpc) is 2.74. The maximum atomic E-state index is 12.1. The highest BCUT2D eigenvalue weighted by atomic mass is 16.5. The summed E-state index contributed by atoms with van der Waals surface area (Å²) >= 11 is 0. The minimum Gasteiger partial charge on any atom is -0.394 e. The number of carbonyl (C=O) groups is 1. The van der Waals surface area contributed by atoms with Gasteiger partial charge in [-0.2, -0.15) is 5.10 Å². The zero-order chi connectivity index (χ0) is 11.5. The van der Waals surface area contributed by atoms with Crippen LogP contribution in [0.5, 0.6) is 0 Å². The summed E-state index contributed by atoms with van der Waals surface area (Å²) in [5.74, 6) is -0.109. The topological polar surface area (TPSA) is 67.6 Å². The van der Waals surface area contributed by atoms with E-state index in [1.165, 1.54) is 4.68 Å². The second-order valence-corrected chi connectivity index (χ2v) is 3.75. The van der Waals surface area contributed by atoms with Gasteiger partial charge in [0.05, 0.1) is 25.9 Å². The van der Waals surface area contributed by atoms with Crippen LogP contribution in [-0.2, 0) is 11.8 Å². The molecule has 88 valence electrons. The van der Waals surface area contributed by atoms with Gasteiger partial charge in [0.15, 0.2) is 0 Å². The van der Waals surface area contributed by atoms with Crippen LogP contribution < -0.4 is 0 Å². The van der Waals surface area contributed by atoms with Gasteiger partial charge in [0.2, 0.25) is 0 Å². The number of hydrogen-bond acceptors (Lipinski definition) is 4. The Morgan fingerprint density at radius 1 is 1.75 bits per heavy atom. The summed E-state index contributed by atoms with van der Waals surface area (Å²) in [6.45, 7) is 1.33. The van der Waals surface area contributed by atoms with Crippen LogP contribution in [0.4, 0.5) is 0 Å². The largest absolute Gasteiger partial charge is 0.394 e. The number of aryl methyl sites for hydroxylation is 1. The first kappa shape index (κ1) is 11.1. The smallest absolute Gasteiger partial charge is 0.272 e. The molecule has 0 saturated carbocycles. The van der Waals surface area contributed by atoms with Crippen molar-refractivity contribution in [3.63, 3.8) is 0 Å². The monoisotopic (exact) mass is 225 g/mol. The lowest BCUT2D eigenvalue weighted by atomic mass is 10.2. The van der Waals surface area contributed by atoms with Gasteiger partial charge in [-0.3, -0.25) is 9.48 Å². The number of hydrogen-bond donors (Lipinski definition) is 1. The van der Waals surface area contributed by atoms with Gasteiger partial charge in [-0.05, 0) is 6.07 Å². The van der Waals surface area contributed by atoms with E-state index in [9.17, 15) is 9.90 Å². The van der Waals surface area contributed by atoms with Crippen LogP contribution in [0.2, 0.25) is 0 Å². The molecule has 0 aromatic carbocycles. The molecule has 0 radical (unpaired) electrons. The first-order chi connectivity index (χ1) is 7.74. The number of aliphatic hydroxyl groups excluding tert-OH is 1. The number of ether oxygens (including phenoxy) is 1. The molecule has 2 rings (SSSR count). The standard InChI is InChI=1S/C10H15N3O3/c1-12-9(2-3-11-12)10(15)13-4-5-16-7-8(13)6-14/h2-3,8,14H,4-7H2,1H3. The Morgan fingerprint density at radius 3 is 3.19 bits per heavy atom. The van der Waals surface area contributed by atoms with E-state index in [1.54, 1.807) is 24.2 Å². The van der Waals surface area contributed by atoms with Gasteiger partial charge in [-0.15, -0.1) is 0 Å². The Hall–Kier alpha value is -1.40. The Labute approximate surface area is 93.4 Å². The number of nitrogens with zero attached hydrogens (tertiary/aromatic N) is 3. The van der Waals surface area contributed by atoms with Gasteiger partial charge in [0.25, 0.3) is 5.91 Å². The SMILES string of the molecule is Cn1nccc1C(=O)N1CCOCC1CO. The molecule has 1 atom stereocenters. The lowest BCUT2D eigenvalue weighted by molar-refractivity contribution is -0.0188. The normalized spacial score (nSPS) is 21.1. The van der Waals surface area contributed by atoms with Crippen molar-refractivity contribution < 1.29 is 14.6 Å². The molecule has 0 bridgehead atoms. The molecule has 1 fully saturated rings. The summed E-state index contributed by atoms with van der Waals surface area (Å²) in [6.07, 6.45) is 1.58. The second kappa shape index (κ2) is 4.63. The minimum atomic E-state index is -0.254. The van der Waals surface area contributed by atoms with Crippen molar-refractivity contribution in [1.29, 1.82) is 0 Å². The van der Waals surface area contributed by atoms with E-state index in [-0.39, 0.29) is 18.6 Å². The minimum absolute atomic E-state index is 0.0798. The third-order valence-electron chi connectivity index (χ3n) is 2.74. The highest BCUT2D eigenvalue weighted by molar-refractivity contribution is 5.92. The Bertz CT molecular complexity index is 377. The summed E-state index contributed by atoms with van der Waals surface area (Å²) in [7, 11) is 1.72. The van der Waals surface area contributed by atoms with Gasteiger partial charge in [-0.1, -0.05) is 0 Å². The number of aliphatic hydroxyl groups is 1. The molecule has 1 saturated heterocycles. The lowest BCUT2D eigenvalue weighted by Gasteiger charge is -2.34. The second-order valence-electron chi connectivity index (χ2n) is 3.75. The van der Waals surface area contributed by atoms with E-state index >= 15 is 0 Å². The van der Waals surface area contributed by atoms with Crippen LogP contribution in [0, 0.1) is 0 Å². The van der Waals surface area contributed by atoms with E-state index in [0.29, 0.717) is 25.5 Å². The number of rotatable bonds is 2. The van der Waals surface area contributed by atoms with Crippen molar-refractivity contribution in [2.24, 2.45) is 7.05 Å². The van der Waals surface area contributed by atoms with E-state index in [0.717, 1.165) is 0 Å². The highest BCUT2D eigenvalue weighted by Gasteiger charge is 2.28. The quantitative estimate of drug-likeness (QED) is 0.719. The van der Waals surface area contributed by atoms with Crippen LogP contribution in [0.15, 0.2) is 12.3 Å². The fourth-order valence-electron chi connectivity index (χ4n) is 1.80. The molecule has 6 nitrogen and oxygen atoms in total. The summed E-state index contributed by atoms with van der Waals surface area (Å²) in [5, 5.41) is 13.1. The zero-order valence-corrected chi connectivity index (χ0v) is 9.17. The van der Waals surface area contributed by atoms with E-state index < -0.39 is 0 Å². The Morgan fingerprint density at radius 2 is 2.56 bits per heavy atom. The lowest BCUT2D eigenvalue weighted by Crippen LogP contribution is -2.50. The molecule has 1 aliphatic rings. The Balaban J connectivity index is 2.17. The highest BCUT2D eigenvalue weighted by Crippen LogP contribution is 2.11. The maximum absolute atomic E-state index is 12.1. The average molecular weight is 225 g/mol. The molecule has 2 heterocycles. The summed E-state index contributed by atoms with van der Waals surface area (Å²) < 4.78 is 6.76. The fraction of sp³-hybridized carbons (Fsp3) is 0.600. The first-order valence-corrected chi connectivity index (χ1v) is 5.21. The van der Waals surface area contributed by atoms with Gasteiger partial charge < -0.3 is 14.7 Å². The van der Waals surface area contributed by atoms with Gasteiger partial charge in [-0.25, -0.2) is 0 Å². The third kappa shape index (κ3) is 1.94. The van der Waals surface area contributed by atoms with Crippen molar-refractivity contribution >= 4 is 5.91 Å². The molecular formula is C10H15N3O3. The molecule has 6 heteroatoms. The molecule has 1 aliphatic heterocycles. The van der Waals surface area contributed by atoms with Crippen LogP contribution in [0.25, 0.3) is 0 Å². The molecule has 0 aliphatic carbocycles. The first-order valence-electron chi connectivity index (χ1n) is 5.21. The van der Waals surface area contributed by atoms with Crippen LogP contribution >= 0.6 is 0 Å². The molecule has 1 aromatic heterocycles. The molecule has 1 amide bonds. The van der Waals surface area contributed by atoms with Crippen LogP contribution in [0.1, 0.15) is 10.5 Å². The Kier molecular flexibility index (Phi) is 3.21. The van der Waals surface area contributed by atoms with Crippen molar-refractivity contribution in [1.82, 2.24) is 14.7 Å². The number of morpholine rings is 1. The summed E-state index contributed by atoms with van der Waals surface area (Å²) in [5.41, 5.74) is 0.528. The molecule has 1 N–H and O–H groups in total. The van der Waals surface area contributed by atoms with Crippen molar-refractivity contribution in [2.75, 3.05) is 26.4 Å². The van der Waals surface area contributed by atoms with E-state index in [2.05, 4.69) is 5.10 Å². The molecule has 1 unspecified atom stereocenters. The van der Waals surface area contributed by atoms with E-state index in [4.69, 9.17) is 4.74 Å². The van der Waals surface area contributed by atoms with E-state index in [1.807, 2.05) is 0 Å². The summed E-state index contributed by atoms with van der Waals surface area (Å²) in [6, 6.07) is 1.42. The number of amides is 1. The summed E-state index contributed by atoms with van der Waals surface area (Å²) in [4.78, 5) is 13.8. The third-order valence-corrected chi connectivity index (χ3v) is 2.74. The molecule has 1 aromatic rings. The predicted molar refractivity (Wildman–Crippen MR) is 55.9 cm³/mol. The number of carbonyl (C=O) groups excluding carboxylic acids is 1. The van der Waals surface area contributed by atoms with Crippen LogP contribution in [-0.4, -0.2) is 58.1 Å². The zero-order valence-electron chi connectivity index (χ0n) is 9.17. The van der Waals surface area contributed by atoms with Gasteiger partial charge in [0.1, 0.15) is 5.69 Å². The maximum Gasteiger partial charge on any atom is 0.272 e. The number of aromatic nitrogens is 2. The molecule has 16 heavy (non-hydrogen) atoms. The van der Waals surface area contributed by atoms with Gasteiger partial charge in [0, 0.05) is 19.8 Å².